The Morgan fingerprint density at radius 3 is 2.40 bits per heavy atom. The number of aryl methyl sites for hydroxylation is 1. The third-order valence-corrected chi connectivity index (χ3v) is 2.34. The normalized spacial score (nSPS) is 10.2. The molecule has 0 unspecified atom stereocenters. The maximum absolute atomic E-state index is 9.69. The minimum Gasteiger partial charge on any atom is -0.504 e. The van der Waals surface area contributed by atoms with E-state index in [9.17, 15) is 10.2 Å². The minimum atomic E-state index is -0.0889. The molecule has 0 atom stereocenters. The van der Waals surface area contributed by atoms with E-state index in [1.165, 1.54) is 6.07 Å². The SMILES string of the molecule is Cc1cccc(-c2cccc(O)c2O)c1. The predicted molar refractivity (Wildman–Crippen MR) is 59.9 cm³/mol. The van der Waals surface area contributed by atoms with Crippen molar-refractivity contribution in [1.29, 1.82) is 0 Å². The van der Waals surface area contributed by atoms with Crippen molar-refractivity contribution in [3.63, 3.8) is 0 Å². The van der Waals surface area contributed by atoms with E-state index in [1.807, 2.05) is 31.2 Å². The smallest absolute Gasteiger partial charge is 0.165 e. The van der Waals surface area contributed by atoms with E-state index in [1.54, 1.807) is 12.1 Å². The number of phenolic OH excluding ortho intramolecular Hbond substituents is 2. The van der Waals surface area contributed by atoms with Gasteiger partial charge in [-0.1, -0.05) is 42.0 Å². The van der Waals surface area contributed by atoms with Crippen molar-refractivity contribution in [2.75, 3.05) is 0 Å². The van der Waals surface area contributed by atoms with Gasteiger partial charge in [-0.05, 0) is 18.6 Å². The fourth-order valence-corrected chi connectivity index (χ4v) is 1.58. The van der Waals surface area contributed by atoms with Crippen molar-refractivity contribution in [3.05, 3.63) is 48.0 Å². The van der Waals surface area contributed by atoms with E-state index in [-0.39, 0.29) is 11.5 Å². The van der Waals surface area contributed by atoms with Gasteiger partial charge in [-0.3, -0.25) is 0 Å². The van der Waals surface area contributed by atoms with Gasteiger partial charge >= 0.3 is 0 Å². The molecule has 2 aromatic rings. The van der Waals surface area contributed by atoms with Gasteiger partial charge in [0, 0.05) is 5.56 Å². The summed E-state index contributed by atoms with van der Waals surface area (Å²) >= 11 is 0. The number of phenols is 2. The summed E-state index contributed by atoms with van der Waals surface area (Å²) in [5, 5.41) is 19.1. The van der Waals surface area contributed by atoms with E-state index in [0.717, 1.165) is 11.1 Å². The molecule has 2 aromatic carbocycles. The van der Waals surface area contributed by atoms with E-state index in [0.29, 0.717) is 5.56 Å². The molecule has 2 N–H and O–H groups in total. The Hall–Kier alpha value is -1.96. The van der Waals surface area contributed by atoms with Crippen LogP contribution in [0.15, 0.2) is 42.5 Å². The lowest BCUT2D eigenvalue weighted by Crippen LogP contribution is -1.80. The summed E-state index contributed by atoms with van der Waals surface area (Å²) in [6.45, 7) is 1.99. The van der Waals surface area contributed by atoms with Crippen LogP contribution < -0.4 is 0 Å². The van der Waals surface area contributed by atoms with Crippen LogP contribution in [0.5, 0.6) is 11.5 Å². The molecule has 0 bridgehead atoms. The second-order valence-corrected chi connectivity index (χ2v) is 3.54. The molecule has 0 aliphatic carbocycles. The highest BCUT2D eigenvalue weighted by Crippen LogP contribution is 2.35. The fourth-order valence-electron chi connectivity index (χ4n) is 1.58. The lowest BCUT2D eigenvalue weighted by molar-refractivity contribution is 0.405. The van der Waals surface area contributed by atoms with Gasteiger partial charge in [-0.15, -0.1) is 0 Å². The van der Waals surface area contributed by atoms with Crippen LogP contribution in [-0.2, 0) is 0 Å². The number of hydrogen-bond donors (Lipinski definition) is 2. The molecule has 0 radical (unpaired) electrons. The van der Waals surface area contributed by atoms with Crippen molar-refractivity contribution in [2.24, 2.45) is 0 Å². The zero-order valence-electron chi connectivity index (χ0n) is 8.44. The molecule has 76 valence electrons. The summed E-state index contributed by atoms with van der Waals surface area (Å²) in [5.74, 6) is -0.155. The largest absolute Gasteiger partial charge is 0.504 e. The monoisotopic (exact) mass is 200 g/mol. The van der Waals surface area contributed by atoms with Crippen LogP contribution in [-0.4, -0.2) is 10.2 Å². The molecule has 0 spiro atoms. The fraction of sp³-hybridized carbons (Fsp3) is 0.0769. The highest BCUT2D eigenvalue weighted by atomic mass is 16.3. The first-order chi connectivity index (χ1) is 7.18. The molecule has 0 aromatic heterocycles. The maximum atomic E-state index is 9.69. The van der Waals surface area contributed by atoms with Crippen LogP contribution in [0.1, 0.15) is 5.56 Å². The molecule has 0 heterocycles. The Morgan fingerprint density at radius 2 is 1.67 bits per heavy atom. The van der Waals surface area contributed by atoms with Gasteiger partial charge < -0.3 is 10.2 Å². The molecular formula is C13H12O2. The summed E-state index contributed by atoms with van der Waals surface area (Å²) in [7, 11) is 0. The molecule has 0 saturated carbocycles. The predicted octanol–water partition coefficient (Wildman–Crippen LogP) is 3.07. The van der Waals surface area contributed by atoms with Crippen LogP contribution in [0, 0.1) is 6.92 Å². The second-order valence-electron chi connectivity index (χ2n) is 3.54. The molecule has 0 fully saturated rings. The zero-order valence-corrected chi connectivity index (χ0v) is 8.44. The van der Waals surface area contributed by atoms with Crippen LogP contribution >= 0.6 is 0 Å². The molecule has 15 heavy (non-hydrogen) atoms. The third kappa shape index (κ3) is 1.79. The first-order valence-electron chi connectivity index (χ1n) is 4.76. The summed E-state index contributed by atoms with van der Waals surface area (Å²) in [6.07, 6.45) is 0. The Kier molecular flexibility index (Phi) is 2.34. The van der Waals surface area contributed by atoms with Crippen molar-refractivity contribution >= 4 is 0 Å². The van der Waals surface area contributed by atoms with Crippen molar-refractivity contribution in [2.45, 2.75) is 6.92 Å². The second kappa shape index (κ2) is 3.65. The molecule has 2 heteroatoms. The first-order valence-corrected chi connectivity index (χ1v) is 4.76. The van der Waals surface area contributed by atoms with Gasteiger partial charge in [-0.25, -0.2) is 0 Å². The van der Waals surface area contributed by atoms with E-state index in [4.69, 9.17) is 0 Å². The van der Waals surface area contributed by atoms with Crippen molar-refractivity contribution in [1.82, 2.24) is 0 Å². The number of hydrogen-bond acceptors (Lipinski definition) is 2. The number of para-hydroxylation sites is 1. The van der Waals surface area contributed by atoms with E-state index < -0.39 is 0 Å². The van der Waals surface area contributed by atoms with Crippen LogP contribution in [0.2, 0.25) is 0 Å². The standard InChI is InChI=1S/C13H12O2/c1-9-4-2-5-10(8-9)11-6-3-7-12(14)13(11)15/h2-8,14-15H,1H3. The van der Waals surface area contributed by atoms with Gasteiger partial charge in [0.25, 0.3) is 0 Å². The Labute approximate surface area is 88.4 Å². The average molecular weight is 200 g/mol. The van der Waals surface area contributed by atoms with E-state index >= 15 is 0 Å². The zero-order chi connectivity index (χ0) is 10.8. The molecule has 0 saturated heterocycles. The minimum absolute atomic E-state index is 0.0666. The van der Waals surface area contributed by atoms with Gasteiger partial charge in [0.05, 0.1) is 0 Å². The lowest BCUT2D eigenvalue weighted by atomic mass is 10.0. The number of benzene rings is 2. The van der Waals surface area contributed by atoms with Crippen LogP contribution in [0.4, 0.5) is 0 Å². The Bertz CT molecular complexity index is 490. The summed E-state index contributed by atoms with van der Waals surface area (Å²) in [6, 6.07) is 12.7. The van der Waals surface area contributed by atoms with Crippen molar-refractivity contribution < 1.29 is 10.2 Å². The highest BCUT2D eigenvalue weighted by Gasteiger charge is 2.07. The summed E-state index contributed by atoms with van der Waals surface area (Å²) in [5.41, 5.74) is 2.68. The molecule has 2 rings (SSSR count). The molecule has 2 nitrogen and oxygen atoms in total. The number of aromatic hydroxyl groups is 2. The molecule has 0 aliphatic rings. The summed E-state index contributed by atoms with van der Waals surface area (Å²) in [4.78, 5) is 0. The molecule has 0 amide bonds. The van der Waals surface area contributed by atoms with Gasteiger partial charge in [0.2, 0.25) is 0 Å². The topological polar surface area (TPSA) is 40.5 Å². The van der Waals surface area contributed by atoms with Crippen LogP contribution in [0.25, 0.3) is 11.1 Å². The number of rotatable bonds is 1. The Balaban J connectivity index is 2.59. The lowest BCUT2D eigenvalue weighted by Gasteiger charge is -2.06. The Morgan fingerprint density at radius 1 is 0.933 bits per heavy atom. The maximum Gasteiger partial charge on any atom is 0.165 e. The van der Waals surface area contributed by atoms with Crippen LogP contribution in [0.3, 0.4) is 0 Å². The van der Waals surface area contributed by atoms with Gasteiger partial charge in [0.15, 0.2) is 11.5 Å². The highest BCUT2D eigenvalue weighted by molar-refractivity contribution is 5.73. The molecular weight excluding hydrogens is 188 g/mol. The average Bonchev–Trinajstić information content (AvgIpc) is 2.22. The molecule has 0 aliphatic heterocycles. The summed E-state index contributed by atoms with van der Waals surface area (Å²) < 4.78 is 0. The quantitative estimate of drug-likeness (QED) is 0.694. The van der Waals surface area contributed by atoms with E-state index in [2.05, 4.69) is 0 Å². The van der Waals surface area contributed by atoms with Gasteiger partial charge in [0.1, 0.15) is 0 Å². The van der Waals surface area contributed by atoms with Gasteiger partial charge in [-0.2, -0.15) is 0 Å². The third-order valence-electron chi connectivity index (χ3n) is 2.34. The van der Waals surface area contributed by atoms with Crippen molar-refractivity contribution in [3.8, 4) is 22.6 Å². The first kappa shape index (κ1) is 9.59.